The van der Waals surface area contributed by atoms with Crippen LogP contribution in [0.4, 0.5) is 14.5 Å². The fourth-order valence-electron chi connectivity index (χ4n) is 1.83. The lowest BCUT2D eigenvalue weighted by atomic mass is 10.1. The van der Waals surface area contributed by atoms with Gasteiger partial charge < -0.3 is 5.32 Å². The zero-order chi connectivity index (χ0) is 14.9. The van der Waals surface area contributed by atoms with Gasteiger partial charge in [-0.3, -0.25) is 0 Å². The van der Waals surface area contributed by atoms with Gasteiger partial charge in [0.25, 0.3) is 0 Å². The van der Waals surface area contributed by atoms with E-state index < -0.39 is 11.6 Å². The Hall–Kier alpha value is -1.03. The van der Waals surface area contributed by atoms with Crippen molar-refractivity contribution in [3.63, 3.8) is 0 Å². The Morgan fingerprint density at radius 1 is 0.950 bits per heavy atom. The topological polar surface area (TPSA) is 12.0 Å². The summed E-state index contributed by atoms with van der Waals surface area (Å²) in [4.78, 5) is 0. The van der Waals surface area contributed by atoms with Crippen LogP contribution in [0.5, 0.6) is 0 Å². The van der Waals surface area contributed by atoms with E-state index in [0.29, 0.717) is 16.3 Å². The largest absolute Gasteiger partial charge is 0.378 e. The third-order valence-corrected chi connectivity index (χ3v) is 3.59. The van der Waals surface area contributed by atoms with E-state index in [1.54, 1.807) is 13.0 Å². The first-order valence-electron chi connectivity index (χ1n) is 5.74. The van der Waals surface area contributed by atoms with Gasteiger partial charge >= 0.3 is 0 Å². The number of anilines is 1. The van der Waals surface area contributed by atoms with E-state index in [2.05, 4.69) is 5.32 Å². The van der Waals surface area contributed by atoms with E-state index in [1.807, 2.05) is 0 Å². The summed E-state index contributed by atoms with van der Waals surface area (Å²) in [5, 5.41) is 3.57. The summed E-state index contributed by atoms with van der Waals surface area (Å²) in [5.41, 5.74) is 1.00. The molecule has 0 heterocycles. The van der Waals surface area contributed by atoms with E-state index in [4.69, 9.17) is 34.8 Å². The molecule has 1 unspecified atom stereocenters. The normalized spacial score (nSPS) is 12.3. The molecule has 0 fully saturated rings. The van der Waals surface area contributed by atoms with Crippen molar-refractivity contribution in [1.29, 1.82) is 0 Å². The van der Waals surface area contributed by atoms with Crippen LogP contribution in [0.1, 0.15) is 18.5 Å². The molecule has 106 valence electrons. The number of nitrogens with one attached hydrogen (secondary N) is 1. The highest BCUT2D eigenvalue weighted by Gasteiger charge is 2.14. The third-order valence-electron chi connectivity index (χ3n) is 2.75. The minimum absolute atomic E-state index is 0.0419. The maximum Gasteiger partial charge on any atom is 0.142 e. The van der Waals surface area contributed by atoms with Crippen LogP contribution in [0.15, 0.2) is 30.3 Å². The van der Waals surface area contributed by atoms with Gasteiger partial charge in [-0.2, -0.15) is 0 Å². The molecule has 0 aliphatic heterocycles. The van der Waals surface area contributed by atoms with Crippen molar-refractivity contribution < 1.29 is 8.78 Å². The lowest BCUT2D eigenvalue weighted by molar-refractivity contribution is 0.623. The van der Waals surface area contributed by atoms with Crippen LogP contribution < -0.4 is 5.32 Å². The van der Waals surface area contributed by atoms with Crippen LogP contribution in [0.2, 0.25) is 15.1 Å². The van der Waals surface area contributed by atoms with Gasteiger partial charge in [0, 0.05) is 15.7 Å². The average Bonchev–Trinajstić information content (AvgIpc) is 2.32. The van der Waals surface area contributed by atoms with Gasteiger partial charge in [0.2, 0.25) is 0 Å². The first kappa shape index (κ1) is 15.4. The predicted octanol–water partition coefficient (Wildman–Crippen LogP) is 6.10. The molecule has 0 saturated heterocycles. The molecular weight excluding hydrogens is 327 g/mol. The molecule has 2 rings (SSSR count). The molecule has 6 heteroatoms. The minimum atomic E-state index is -0.558. The van der Waals surface area contributed by atoms with Crippen LogP contribution in [-0.2, 0) is 0 Å². The van der Waals surface area contributed by atoms with Crippen molar-refractivity contribution in [1.82, 2.24) is 0 Å². The maximum atomic E-state index is 13.5. The van der Waals surface area contributed by atoms with Crippen molar-refractivity contribution >= 4 is 40.5 Å². The van der Waals surface area contributed by atoms with E-state index in [0.717, 1.165) is 0 Å². The Morgan fingerprint density at radius 3 is 2.30 bits per heavy atom. The van der Waals surface area contributed by atoms with Crippen LogP contribution in [0, 0.1) is 11.6 Å². The van der Waals surface area contributed by atoms with Gasteiger partial charge in [0.15, 0.2) is 0 Å². The summed E-state index contributed by atoms with van der Waals surface area (Å²) in [6.07, 6.45) is 0. The van der Waals surface area contributed by atoms with Crippen molar-refractivity contribution in [2.45, 2.75) is 13.0 Å². The van der Waals surface area contributed by atoms with Crippen molar-refractivity contribution in [2.75, 3.05) is 5.32 Å². The minimum Gasteiger partial charge on any atom is -0.378 e. The molecule has 2 aromatic rings. The van der Waals surface area contributed by atoms with Gasteiger partial charge in [-0.1, -0.05) is 34.8 Å². The molecule has 0 spiro atoms. The number of benzene rings is 2. The standard InChI is InChI=1S/C14H10Cl3F2N/c1-7(11-5-14(19)13(17)6-12(11)16)20-10-3-8(15)2-9(18)4-10/h2-7,20H,1H3. The van der Waals surface area contributed by atoms with Crippen LogP contribution in [-0.4, -0.2) is 0 Å². The maximum absolute atomic E-state index is 13.5. The predicted molar refractivity (Wildman–Crippen MR) is 79.9 cm³/mol. The summed E-state index contributed by atoms with van der Waals surface area (Å²) in [6, 6.07) is 6.32. The summed E-state index contributed by atoms with van der Waals surface area (Å²) < 4.78 is 26.7. The summed E-state index contributed by atoms with van der Waals surface area (Å²) in [7, 11) is 0. The van der Waals surface area contributed by atoms with Gasteiger partial charge in [0.05, 0.1) is 11.1 Å². The van der Waals surface area contributed by atoms with E-state index in [-0.39, 0.29) is 16.1 Å². The SMILES string of the molecule is CC(Nc1cc(F)cc(Cl)c1)c1cc(F)c(Cl)cc1Cl. The van der Waals surface area contributed by atoms with Crippen molar-refractivity contribution in [3.8, 4) is 0 Å². The van der Waals surface area contributed by atoms with Crippen LogP contribution in [0.25, 0.3) is 0 Å². The fourth-order valence-corrected chi connectivity index (χ4v) is 2.60. The lowest BCUT2D eigenvalue weighted by Crippen LogP contribution is -2.08. The molecule has 0 bridgehead atoms. The molecule has 0 radical (unpaired) electrons. The number of hydrogen-bond acceptors (Lipinski definition) is 1. The number of hydrogen-bond donors (Lipinski definition) is 1. The molecular formula is C14H10Cl3F2N. The second-order valence-electron chi connectivity index (χ2n) is 4.31. The molecule has 0 aromatic heterocycles. The fraction of sp³-hybridized carbons (Fsp3) is 0.143. The Morgan fingerprint density at radius 2 is 1.65 bits per heavy atom. The first-order valence-corrected chi connectivity index (χ1v) is 6.87. The molecule has 2 aromatic carbocycles. The zero-order valence-corrected chi connectivity index (χ0v) is 12.6. The Kier molecular flexibility index (Phi) is 4.74. The second-order valence-corrected chi connectivity index (χ2v) is 5.56. The Balaban J connectivity index is 2.28. The highest BCUT2D eigenvalue weighted by molar-refractivity contribution is 6.35. The summed E-state index contributed by atoms with van der Waals surface area (Å²) >= 11 is 17.5. The van der Waals surface area contributed by atoms with Crippen molar-refractivity contribution in [2.24, 2.45) is 0 Å². The lowest BCUT2D eigenvalue weighted by Gasteiger charge is -2.18. The van der Waals surface area contributed by atoms with Gasteiger partial charge in [-0.15, -0.1) is 0 Å². The van der Waals surface area contributed by atoms with E-state index >= 15 is 0 Å². The molecule has 0 aliphatic rings. The molecule has 20 heavy (non-hydrogen) atoms. The summed E-state index contributed by atoms with van der Waals surface area (Å²) in [5.74, 6) is -1.02. The Bertz CT molecular complexity index is 626. The number of halogens is 5. The molecule has 0 aliphatic carbocycles. The van der Waals surface area contributed by atoms with Gasteiger partial charge in [-0.05, 0) is 42.8 Å². The highest BCUT2D eigenvalue weighted by atomic mass is 35.5. The third kappa shape index (κ3) is 3.54. The zero-order valence-electron chi connectivity index (χ0n) is 10.4. The molecule has 1 atom stereocenters. The molecule has 1 nitrogen and oxygen atoms in total. The molecule has 1 N–H and O–H groups in total. The smallest absolute Gasteiger partial charge is 0.142 e. The van der Waals surface area contributed by atoms with E-state index in [9.17, 15) is 8.78 Å². The van der Waals surface area contributed by atoms with Gasteiger partial charge in [-0.25, -0.2) is 8.78 Å². The number of rotatable bonds is 3. The van der Waals surface area contributed by atoms with E-state index in [1.165, 1.54) is 24.3 Å². The quantitative estimate of drug-likeness (QED) is 0.668. The Labute approximate surface area is 130 Å². The molecule has 0 amide bonds. The van der Waals surface area contributed by atoms with Crippen molar-refractivity contribution in [3.05, 3.63) is 62.6 Å². The second kappa shape index (κ2) is 6.17. The van der Waals surface area contributed by atoms with Gasteiger partial charge in [0.1, 0.15) is 11.6 Å². The monoisotopic (exact) mass is 335 g/mol. The first-order chi connectivity index (χ1) is 9.36. The van der Waals surface area contributed by atoms with Crippen LogP contribution in [0.3, 0.4) is 0 Å². The molecule has 0 saturated carbocycles. The summed E-state index contributed by atoms with van der Waals surface area (Å²) in [6.45, 7) is 1.77. The van der Waals surface area contributed by atoms with Crippen LogP contribution >= 0.6 is 34.8 Å². The average molecular weight is 337 g/mol. The highest BCUT2D eigenvalue weighted by Crippen LogP contribution is 2.31.